The molecule has 1 nitrogen and oxygen atoms in total. The first-order valence-corrected chi connectivity index (χ1v) is 9.12. The summed E-state index contributed by atoms with van der Waals surface area (Å²) in [6, 6.07) is 0. The Morgan fingerprint density at radius 3 is 1.26 bits per heavy atom. The highest BCUT2D eigenvalue weighted by atomic mass is 14.9. The summed E-state index contributed by atoms with van der Waals surface area (Å²) in [6.07, 6.45) is 10.4. The highest BCUT2D eigenvalue weighted by Gasteiger charge is 2.32. The van der Waals surface area contributed by atoms with Crippen LogP contribution in [0.1, 0.15) is 100 Å². The van der Waals surface area contributed by atoms with Gasteiger partial charge in [-0.1, -0.05) is 74.7 Å². The van der Waals surface area contributed by atoms with Crippen LogP contribution in [0.25, 0.3) is 0 Å². The maximum absolute atomic E-state index is 3.46. The van der Waals surface area contributed by atoms with Crippen molar-refractivity contribution in [2.75, 3.05) is 13.1 Å². The largest absolute Gasteiger partial charge is 0.317 e. The Bertz CT molecular complexity index is 100. The quantitative estimate of drug-likeness (QED) is 0.536. The molecule has 1 heteroatoms. The van der Waals surface area contributed by atoms with Gasteiger partial charge in [-0.15, -0.1) is 0 Å². The van der Waals surface area contributed by atoms with Gasteiger partial charge in [-0.3, -0.25) is 0 Å². The fourth-order valence-electron chi connectivity index (χ4n) is 2.76. The van der Waals surface area contributed by atoms with Crippen LogP contribution in [0, 0.1) is 5.41 Å². The van der Waals surface area contributed by atoms with Crippen LogP contribution in [0.2, 0.25) is 0 Å². The number of hydrogen-bond donors (Lipinski definition) is 1. The molecule has 0 aromatic carbocycles. The van der Waals surface area contributed by atoms with Crippen molar-refractivity contribution in [2.45, 2.75) is 100 Å². The zero-order chi connectivity index (χ0) is 15.6. The van der Waals surface area contributed by atoms with Crippen LogP contribution >= 0.6 is 0 Å². The predicted molar refractivity (Wildman–Crippen MR) is 93.0 cm³/mol. The van der Waals surface area contributed by atoms with Crippen LogP contribution in [-0.2, 0) is 0 Å². The molecule has 1 saturated heterocycles. The van der Waals surface area contributed by atoms with Crippen molar-refractivity contribution in [3.63, 3.8) is 0 Å². The molecule has 2 fully saturated rings. The molecule has 120 valence electrons. The normalized spacial score (nSPS) is 18.9. The lowest BCUT2D eigenvalue weighted by Gasteiger charge is -2.40. The minimum atomic E-state index is 0.795. The summed E-state index contributed by atoms with van der Waals surface area (Å²) >= 11 is 0. The summed E-state index contributed by atoms with van der Waals surface area (Å²) in [5.74, 6) is 0. The second-order valence-electron chi connectivity index (χ2n) is 4.31. The van der Waals surface area contributed by atoms with E-state index in [1.807, 2.05) is 55.4 Å². The fraction of sp³-hybridized carbons (Fsp3) is 1.00. The summed E-state index contributed by atoms with van der Waals surface area (Å²) in [6.45, 7) is 18.6. The van der Waals surface area contributed by atoms with E-state index in [0.29, 0.717) is 0 Å². The number of piperidine rings is 1. The Labute approximate surface area is 125 Å². The minimum absolute atomic E-state index is 0.795. The molecule has 1 aliphatic carbocycles. The van der Waals surface area contributed by atoms with E-state index in [2.05, 4.69) is 5.32 Å². The van der Waals surface area contributed by atoms with Crippen molar-refractivity contribution in [1.29, 1.82) is 0 Å². The van der Waals surface area contributed by atoms with Gasteiger partial charge in [0.1, 0.15) is 0 Å². The van der Waals surface area contributed by atoms with Gasteiger partial charge in [0.25, 0.3) is 0 Å². The molecule has 1 heterocycles. The van der Waals surface area contributed by atoms with Crippen molar-refractivity contribution in [1.82, 2.24) is 5.32 Å². The Morgan fingerprint density at radius 2 is 0.895 bits per heavy atom. The van der Waals surface area contributed by atoms with E-state index >= 15 is 0 Å². The first kappa shape index (κ1) is 24.0. The molecule has 1 N–H and O–H groups in total. The third-order valence-electron chi connectivity index (χ3n) is 3.58. The molecule has 2 rings (SSSR count). The number of hydrogen-bond acceptors (Lipinski definition) is 1. The smallest absolute Gasteiger partial charge is 0.00436 e. The third-order valence-corrected chi connectivity index (χ3v) is 3.58. The highest BCUT2D eigenvalue weighted by Crippen LogP contribution is 2.42. The second-order valence-corrected chi connectivity index (χ2v) is 4.31. The molecular formula is C18H43N. The molecule has 0 amide bonds. The van der Waals surface area contributed by atoms with Gasteiger partial charge in [-0.25, -0.2) is 0 Å². The van der Waals surface area contributed by atoms with Gasteiger partial charge in [0, 0.05) is 0 Å². The first-order chi connectivity index (χ1) is 9.41. The topological polar surface area (TPSA) is 12.0 Å². The zero-order valence-corrected chi connectivity index (χ0v) is 15.4. The lowest BCUT2D eigenvalue weighted by molar-refractivity contribution is 0.134. The summed E-state index contributed by atoms with van der Waals surface area (Å²) in [4.78, 5) is 0. The van der Waals surface area contributed by atoms with Crippen LogP contribution in [0.3, 0.4) is 0 Å². The van der Waals surface area contributed by atoms with Gasteiger partial charge in [-0.05, 0) is 44.2 Å². The average molecular weight is 274 g/mol. The van der Waals surface area contributed by atoms with E-state index < -0.39 is 0 Å². The molecule has 19 heavy (non-hydrogen) atoms. The molecule has 0 atom stereocenters. The van der Waals surface area contributed by atoms with Gasteiger partial charge < -0.3 is 5.32 Å². The minimum Gasteiger partial charge on any atom is -0.317 e. The average Bonchev–Trinajstić information content (AvgIpc) is 2.56. The molecule has 0 unspecified atom stereocenters. The van der Waals surface area contributed by atoms with Crippen LogP contribution in [-0.4, -0.2) is 13.1 Å². The van der Waals surface area contributed by atoms with Gasteiger partial charge >= 0.3 is 0 Å². The molecule has 1 aliphatic heterocycles. The molecule has 0 bridgehead atoms. The number of nitrogens with one attached hydrogen (secondary N) is 1. The maximum Gasteiger partial charge on any atom is -0.00436 e. The van der Waals surface area contributed by atoms with E-state index in [9.17, 15) is 0 Å². The fourth-order valence-corrected chi connectivity index (χ4v) is 2.76. The molecule has 2 aliphatic rings. The monoisotopic (exact) mass is 273 g/mol. The van der Waals surface area contributed by atoms with E-state index in [1.54, 1.807) is 0 Å². The first-order valence-electron chi connectivity index (χ1n) is 9.12. The van der Waals surface area contributed by atoms with Crippen LogP contribution < -0.4 is 5.32 Å². The predicted octanol–water partition coefficient (Wildman–Crippen LogP) is 6.43. The van der Waals surface area contributed by atoms with Crippen LogP contribution in [0.5, 0.6) is 0 Å². The van der Waals surface area contributed by atoms with Gasteiger partial charge in [0.2, 0.25) is 0 Å². The van der Waals surface area contributed by atoms with Crippen LogP contribution in [0.15, 0.2) is 0 Å². The second kappa shape index (κ2) is 20.3. The SMILES string of the molecule is C1CCC2(CC1)CCNCC2.CC.CC.CC.CC. The Morgan fingerprint density at radius 1 is 0.526 bits per heavy atom. The van der Waals surface area contributed by atoms with E-state index in [1.165, 1.54) is 58.0 Å². The van der Waals surface area contributed by atoms with Crippen molar-refractivity contribution < 1.29 is 0 Å². The van der Waals surface area contributed by atoms with E-state index in [0.717, 1.165) is 5.41 Å². The van der Waals surface area contributed by atoms with Crippen molar-refractivity contribution >= 4 is 0 Å². The zero-order valence-electron chi connectivity index (χ0n) is 15.4. The Balaban J connectivity index is -0.000000278. The number of rotatable bonds is 0. The molecule has 1 spiro atoms. The Kier molecular flexibility index (Phi) is 25.6. The lowest BCUT2D eigenvalue weighted by Crippen LogP contribution is -2.37. The van der Waals surface area contributed by atoms with E-state index in [4.69, 9.17) is 0 Å². The van der Waals surface area contributed by atoms with Gasteiger partial charge in [-0.2, -0.15) is 0 Å². The van der Waals surface area contributed by atoms with Gasteiger partial charge in [0.05, 0.1) is 0 Å². The third kappa shape index (κ3) is 11.5. The molecular weight excluding hydrogens is 230 g/mol. The standard InChI is InChI=1S/C10H19N.4C2H6/c1-2-4-10(5-3-1)6-8-11-9-7-10;4*1-2/h11H,1-9H2;4*1-2H3. The summed E-state index contributed by atoms with van der Waals surface area (Å²) in [7, 11) is 0. The van der Waals surface area contributed by atoms with Gasteiger partial charge in [0.15, 0.2) is 0 Å². The van der Waals surface area contributed by atoms with Crippen molar-refractivity contribution in [3.05, 3.63) is 0 Å². The molecule has 0 radical (unpaired) electrons. The summed E-state index contributed by atoms with van der Waals surface area (Å²) in [5.41, 5.74) is 0.795. The molecule has 1 saturated carbocycles. The summed E-state index contributed by atoms with van der Waals surface area (Å²) < 4.78 is 0. The van der Waals surface area contributed by atoms with Crippen molar-refractivity contribution in [3.8, 4) is 0 Å². The van der Waals surface area contributed by atoms with E-state index in [-0.39, 0.29) is 0 Å². The van der Waals surface area contributed by atoms with Crippen molar-refractivity contribution in [2.24, 2.45) is 5.41 Å². The Hall–Kier alpha value is -0.0400. The maximum atomic E-state index is 3.46. The lowest BCUT2D eigenvalue weighted by atomic mass is 9.68. The molecule has 0 aromatic rings. The van der Waals surface area contributed by atoms with Crippen LogP contribution in [0.4, 0.5) is 0 Å². The highest BCUT2D eigenvalue weighted by molar-refractivity contribution is 4.86. The summed E-state index contributed by atoms with van der Waals surface area (Å²) in [5, 5.41) is 3.46. The molecule has 0 aromatic heterocycles.